The number of hydrogen-bond donors (Lipinski definition) is 1. The SMILES string of the molecule is Cc1cc(Cl)cc(Cc2ccc(N3CC(=O)NS3(=O)=O)c(OC(=O)c3ccccc3)c2)c1OS(C)(=O)=O. The van der Waals surface area contributed by atoms with Crippen molar-refractivity contribution >= 4 is 49.5 Å². The molecule has 1 amide bonds. The number of esters is 1. The van der Waals surface area contributed by atoms with Crippen LogP contribution in [0.3, 0.4) is 0 Å². The van der Waals surface area contributed by atoms with Gasteiger partial charge in [0.05, 0.1) is 17.5 Å². The molecule has 1 saturated heterocycles. The lowest BCUT2D eigenvalue weighted by Gasteiger charge is -2.20. The quantitative estimate of drug-likeness (QED) is 0.263. The highest BCUT2D eigenvalue weighted by Crippen LogP contribution is 2.36. The summed E-state index contributed by atoms with van der Waals surface area (Å²) in [5.41, 5.74) is 1.66. The fourth-order valence-electron chi connectivity index (χ4n) is 3.77. The summed E-state index contributed by atoms with van der Waals surface area (Å²) in [6, 6.07) is 15.6. The van der Waals surface area contributed by atoms with Gasteiger partial charge in [0.15, 0.2) is 5.75 Å². The zero-order chi connectivity index (χ0) is 27.0. The summed E-state index contributed by atoms with van der Waals surface area (Å²) >= 11 is 6.20. The van der Waals surface area contributed by atoms with Crippen LogP contribution in [-0.4, -0.2) is 41.5 Å². The van der Waals surface area contributed by atoms with E-state index in [1.807, 2.05) is 4.72 Å². The van der Waals surface area contributed by atoms with Gasteiger partial charge in [0.25, 0.3) is 5.91 Å². The van der Waals surface area contributed by atoms with Gasteiger partial charge in [-0.15, -0.1) is 0 Å². The van der Waals surface area contributed by atoms with Crippen molar-refractivity contribution in [1.82, 2.24) is 4.72 Å². The van der Waals surface area contributed by atoms with Gasteiger partial charge >= 0.3 is 26.3 Å². The zero-order valence-electron chi connectivity index (χ0n) is 19.6. The Balaban J connectivity index is 1.77. The lowest BCUT2D eigenvalue weighted by Crippen LogP contribution is -2.30. The molecule has 1 aliphatic rings. The zero-order valence-corrected chi connectivity index (χ0v) is 22.0. The van der Waals surface area contributed by atoms with Crippen molar-refractivity contribution in [3.63, 3.8) is 0 Å². The van der Waals surface area contributed by atoms with E-state index >= 15 is 0 Å². The molecule has 13 heteroatoms. The van der Waals surface area contributed by atoms with Crippen molar-refractivity contribution in [2.24, 2.45) is 0 Å². The Kier molecular flexibility index (Phi) is 7.18. The molecule has 4 rings (SSSR count). The molecule has 1 N–H and O–H groups in total. The molecule has 1 fully saturated rings. The third-order valence-electron chi connectivity index (χ3n) is 5.27. The highest BCUT2D eigenvalue weighted by Gasteiger charge is 2.36. The maximum atomic E-state index is 12.8. The molecular formula is C24H21ClN2O8S2. The van der Waals surface area contributed by atoms with Crippen molar-refractivity contribution in [3.05, 3.63) is 87.9 Å². The molecule has 0 unspecified atom stereocenters. The van der Waals surface area contributed by atoms with Crippen LogP contribution < -0.4 is 17.9 Å². The van der Waals surface area contributed by atoms with Crippen molar-refractivity contribution in [3.8, 4) is 11.5 Å². The average Bonchev–Trinajstić information content (AvgIpc) is 3.08. The van der Waals surface area contributed by atoms with Gasteiger partial charge in [-0.3, -0.25) is 4.79 Å². The van der Waals surface area contributed by atoms with Crippen LogP contribution in [0.4, 0.5) is 5.69 Å². The molecule has 3 aromatic rings. The topological polar surface area (TPSA) is 136 Å². The smallest absolute Gasteiger partial charge is 0.343 e. The van der Waals surface area contributed by atoms with Crippen molar-refractivity contribution in [1.29, 1.82) is 0 Å². The van der Waals surface area contributed by atoms with Crippen LogP contribution in [0.2, 0.25) is 5.02 Å². The Hall–Kier alpha value is -3.61. The first-order chi connectivity index (χ1) is 17.3. The summed E-state index contributed by atoms with van der Waals surface area (Å²) in [5, 5.41) is 0.355. The van der Waals surface area contributed by atoms with E-state index < -0.39 is 38.7 Å². The molecule has 0 atom stereocenters. The molecule has 0 saturated carbocycles. The molecule has 194 valence electrons. The second-order valence-electron chi connectivity index (χ2n) is 8.27. The number of amides is 1. The largest absolute Gasteiger partial charge is 0.421 e. The van der Waals surface area contributed by atoms with Gasteiger partial charge in [0, 0.05) is 17.0 Å². The second kappa shape index (κ2) is 10.0. The number of anilines is 1. The first-order valence-corrected chi connectivity index (χ1v) is 14.4. The van der Waals surface area contributed by atoms with Crippen molar-refractivity contribution < 1.29 is 35.3 Å². The van der Waals surface area contributed by atoms with E-state index in [-0.39, 0.29) is 29.2 Å². The monoisotopic (exact) mass is 564 g/mol. The first-order valence-electron chi connectivity index (χ1n) is 10.7. The Bertz CT molecular complexity index is 1610. The highest BCUT2D eigenvalue weighted by atomic mass is 35.5. The fraction of sp³-hybridized carbons (Fsp3) is 0.167. The number of halogens is 1. The molecule has 37 heavy (non-hydrogen) atoms. The van der Waals surface area contributed by atoms with Gasteiger partial charge in [-0.25, -0.2) is 13.8 Å². The molecule has 0 spiro atoms. The van der Waals surface area contributed by atoms with Gasteiger partial charge in [-0.2, -0.15) is 16.8 Å². The lowest BCUT2D eigenvalue weighted by molar-refractivity contribution is -0.117. The second-order valence-corrected chi connectivity index (χ2v) is 11.9. The van der Waals surface area contributed by atoms with Gasteiger partial charge in [-0.05, 0) is 54.4 Å². The van der Waals surface area contributed by atoms with Gasteiger partial charge in [-0.1, -0.05) is 35.9 Å². The Morgan fingerprint density at radius 2 is 1.81 bits per heavy atom. The normalized spacial score (nSPS) is 14.8. The minimum absolute atomic E-state index is 0.0266. The average molecular weight is 565 g/mol. The molecule has 10 nitrogen and oxygen atoms in total. The van der Waals surface area contributed by atoms with Gasteiger partial charge in [0.1, 0.15) is 12.3 Å². The standard InChI is InChI=1S/C24H21ClN2O8S2/c1-15-10-19(25)13-18(23(15)35-36(2,30)31)11-16-8-9-20(27-14-22(28)26-37(27,32)33)21(12-16)34-24(29)17-6-4-3-5-7-17/h3-10,12-13H,11,14H2,1-2H3,(H,26,28). The minimum Gasteiger partial charge on any atom is -0.421 e. The number of nitrogens with one attached hydrogen (secondary N) is 1. The predicted molar refractivity (Wildman–Crippen MR) is 137 cm³/mol. The van der Waals surface area contributed by atoms with Crippen LogP contribution in [-0.2, 0) is 31.5 Å². The lowest BCUT2D eigenvalue weighted by atomic mass is 10.0. The molecule has 1 heterocycles. The van der Waals surface area contributed by atoms with Gasteiger partial charge < -0.3 is 8.92 Å². The van der Waals surface area contributed by atoms with Gasteiger partial charge in [0.2, 0.25) is 0 Å². The van der Waals surface area contributed by atoms with E-state index in [0.29, 0.717) is 21.7 Å². The van der Waals surface area contributed by atoms with Crippen LogP contribution in [0.1, 0.15) is 27.0 Å². The highest BCUT2D eigenvalue weighted by molar-refractivity contribution is 7.92. The van der Waals surface area contributed by atoms with Crippen LogP contribution in [0.25, 0.3) is 0 Å². The molecule has 0 aromatic heterocycles. The maximum Gasteiger partial charge on any atom is 0.343 e. The summed E-state index contributed by atoms with van der Waals surface area (Å²) < 4.78 is 62.0. The molecule has 0 aliphatic carbocycles. The van der Waals surface area contributed by atoms with E-state index in [1.54, 1.807) is 43.3 Å². The van der Waals surface area contributed by atoms with Crippen LogP contribution in [0.5, 0.6) is 11.5 Å². The summed E-state index contributed by atoms with van der Waals surface area (Å²) in [7, 11) is -8.03. The van der Waals surface area contributed by atoms with Crippen molar-refractivity contribution in [2.75, 3.05) is 17.1 Å². The summed E-state index contributed by atoms with van der Waals surface area (Å²) in [6.07, 6.45) is 1.03. The third kappa shape index (κ3) is 6.21. The number of carbonyl (C=O) groups excluding carboxylic acids is 2. The number of carbonyl (C=O) groups is 2. The number of aryl methyl sites for hydroxylation is 1. The summed E-state index contributed by atoms with van der Waals surface area (Å²) in [5.74, 6) is -1.48. The number of rotatable bonds is 7. The van der Waals surface area contributed by atoms with E-state index in [1.165, 1.54) is 24.3 Å². The van der Waals surface area contributed by atoms with E-state index in [4.69, 9.17) is 20.5 Å². The molecule has 0 bridgehead atoms. The summed E-state index contributed by atoms with van der Waals surface area (Å²) in [4.78, 5) is 24.6. The maximum absolute atomic E-state index is 12.8. The first kappa shape index (κ1) is 26.5. The molecule has 0 radical (unpaired) electrons. The van der Waals surface area contributed by atoms with Crippen LogP contribution in [0.15, 0.2) is 60.7 Å². The Morgan fingerprint density at radius 1 is 1.11 bits per heavy atom. The van der Waals surface area contributed by atoms with E-state index in [9.17, 15) is 26.4 Å². The number of benzene rings is 3. The Labute approximate surface area is 219 Å². The number of nitrogens with zero attached hydrogens (tertiary/aromatic N) is 1. The fourth-order valence-corrected chi connectivity index (χ4v) is 5.77. The molecule has 3 aromatic carbocycles. The Morgan fingerprint density at radius 3 is 2.43 bits per heavy atom. The third-order valence-corrected chi connectivity index (χ3v) is 7.35. The number of hydrogen-bond acceptors (Lipinski definition) is 8. The van der Waals surface area contributed by atoms with Crippen molar-refractivity contribution in [2.45, 2.75) is 13.3 Å². The number of ether oxygens (including phenoxy) is 1. The van der Waals surface area contributed by atoms with Crippen LogP contribution in [0, 0.1) is 6.92 Å². The van der Waals surface area contributed by atoms with E-state index in [2.05, 4.69) is 0 Å². The predicted octanol–water partition coefficient (Wildman–Crippen LogP) is 2.98. The molecule has 1 aliphatic heterocycles. The van der Waals surface area contributed by atoms with E-state index in [0.717, 1.165) is 10.6 Å². The molecular weight excluding hydrogens is 544 g/mol. The minimum atomic E-state index is -4.18. The summed E-state index contributed by atoms with van der Waals surface area (Å²) in [6.45, 7) is 1.16. The van der Waals surface area contributed by atoms with Crippen LogP contribution >= 0.6 is 11.6 Å².